The van der Waals surface area contributed by atoms with E-state index in [1.807, 2.05) is 0 Å². The fourth-order valence-corrected chi connectivity index (χ4v) is 3.51. The van der Waals surface area contributed by atoms with Crippen molar-refractivity contribution < 1.29 is 69.7 Å². The SMILES string of the molecule is O=C([O-])c1ccccc1S(=O)(=O)C(Br)(Br)Br.[K+]. The van der Waals surface area contributed by atoms with E-state index >= 15 is 0 Å². The first-order valence-electron chi connectivity index (χ1n) is 3.79. The Labute approximate surface area is 166 Å². The van der Waals surface area contributed by atoms with Crippen molar-refractivity contribution in [3.8, 4) is 0 Å². The van der Waals surface area contributed by atoms with Crippen LogP contribution in [0.1, 0.15) is 10.4 Å². The summed E-state index contributed by atoms with van der Waals surface area (Å²) in [6.07, 6.45) is 0. The van der Waals surface area contributed by atoms with Crippen molar-refractivity contribution in [2.75, 3.05) is 0 Å². The summed E-state index contributed by atoms with van der Waals surface area (Å²) in [7, 11) is -3.92. The van der Waals surface area contributed by atoms with Gasteiger partial charge in [-0.25, -0.2) is 8.42 Å². The van der Waals surface area contributed by atoms with Crippen molar-refractivity contribution in [2.45, 2.75) is 6.37 Å². The van der Waals surface area contributed by atoms with Crippen LogP contribution in [0, 0.1) is 0 Å². The summed E-state index contributed by atoms with van der Waals surface area (Å²) in [5, 5.41) is 10.8. The third-order valence-electron chi connectivity index (χ3n) is 1.70. The first kappa shape index (κ1) is 18.7. The number of hydrogen-bond donors (Lipinski definition) is 0. The number of halogens is 3. The zero-order valence-electron chi connectivity index (χ0n) is 8.48. The van der Waals surface area contributed by atoms with E-state index in [9.17, 15) is 18.3 Å². The normalized spacial score (nSPS) is 11.7. The maximum Gasteiger partial charge on any atom is 1.00 e. The van der Waals surface area contributed by atoms with E-state index in [0.717, 1.165) is 0 Å². The molecule has 0 bridgehead atoms. The van der Waals surface area contributed by atoms with Crippen LogP contribution >= 0.6 is 47.8 Å². The minimum absolute atomic E-state index is 0. The second kappa shape index (κ2) is 6.94. The van der Waals surface area contributed by atoms with E-state index in [1.54, 1.807) is 0 Å². The zero-order chi connectivity index (χ0) is 12.6. The minimum atomic E-state index is -3.92. The van der Waals surface area contributed by atoms with Crippen LogP contribution in [-0.2, 0) is 9.84 Å². The Morgan fingerprint density at radius 1 is 1.18 bits per heavy atom. The van der Waals surface area contributed by atoms with Crippen LogP contribution in [-0.4, -0.2) is 15.9 Å². The molecule has 0 atom stereocenters. The number of alkyl halides is 3. The Kier molecular flexibility index (Phi) is 7.64. The molecule has 0 N–H and O–H groups in total. The largest absolute Gasteiger partial charge is 1.00 e. The van der Waals surface area contributed by atoms with Crippen LogP contribution in [0.25, 0.3) is 0 Å². The Morgan fingerprint density at radius 2 is 1.65 bits per heavy atom. The predicted molar refractivity (Wildman–Crippen MR) is 67.5 cm³/mol. The van der Waals surface area contributed by atoms with Crippen molar-refractivity contribution in [2.24, 2.45) is 0 Å². The monoisotopic (exact) mass is 472 g/mol. The molecule has 0 spiro atoms. The number of carbonyl (C=O) groups is 1. The standard InChI is InChI=1S/C8H5Br3O4S.K/c9-8(10,11)16(14,15)6-4-2-1-3-5(6)7(12)13;/h1-4H,(H,12,13);/q;+1/p-1. The number of carboxylic acids is 1. The quantitative estimate of drug-likeness (QED) is 0.391. The van der Waals surface area contributed by atoms with Crippen molar-refractivity contribution in [1.82, 2.24) is 0 Å². The molecule has 1 aromatic carbocycles. The molecule has 0 heterocycles. The molecule has 0 fully saturated rings. The van der Waals surface area contributed by atoms with E-state index in [4.69, 9.17) is 0 Å². The predicted octanol–water partition coefficient (Wildman–Crippen LogP) is -1.38. The van der Waals surface area contributed by atoms with Gasteiger partial charge in [-0.1, -0.05) is 18.2 Å². The van der Waals surface area contributed by atoms with Gasteiger partial charge in [-0.05, 0) is 53.9 Å². The third kappa shape index (κ3) is 4.35. The topological polar surface area (TPSA) is 74.3 Å². The molecule has 0 aliphatic rings. The summed E-state index contributed by atoms with van der Waals surface area (Å²) in [6, 6.07) is 5.21. The third-order valence-corrected chi connectivity index (χ3v) is 7.08. The van der Waals surface area contributed by atoms with Gasteiger partial charge >= 0.3 is 51.4 Å². The average molecular weight is 475 g/mol. The summed E-state index contributed by atoms with van der Waals surface area (Å²) < 4.78 is 22.3. The number of sulfone groups is 1. The van der Waals surface area contributed by atoms with Crippen LogP contribution < -0.4 is 56.5 Å². The number of carbonyl (C=O) groups excluding carboxylic acids is 1. The van der Waals surface area contributed by atoms with E-state index < -0.39 is 17.3 Å². The molecule has 88 valence electrons. The van der Waals surface area contributed by atoms with Gasteiger partial charge in [-0.2, -0.15) is 0 Å². The molecule has 9 heteroatoms. The zero-order valence-corrected chi connectivity index (χ0v) is 17.2. The molecular formula is C8H4Br3KO4S. The molecule has 0 saturated carbocycles. The van der Waals surface area contributed by atoms with Gasteiger partial charge < -0.3 is 9.90 Å². The van der Waals surface area contributed by atoms with Gasteiger partial charge in [0.05, 0.1) is 10.9 Å². The minimum Gasteiger partial charge on any atom is -0.545 e. The number of carboxylic acid groups (broad SMARTS) is 1. The van der Waals surface area contributed by atoms with Crippen LogP contribution in [0.5, 0.6) is 0 Å². The fraction of sp³-hybridized carbons (Fsp3) is 0.125. The number of benzene rings is 1. The van der Waals surface area contributed by atoms with E-state index in [-0.39, 0.29) is 61.8 Å². The Hall–Kier alpha value is 1.72. The van der Waals surface area contributed by atoms with E-state index in [2.05, 4.69) is 47.8 Å². The smallest absolute Gasteiger partial charge is 0.545 e. The molecule has 1 aromatic rings. The van der Waals surface area contributed by atoms with Crippen LogP contribution in [0.2, 0.25) is 0 Å². The molecule has 4 nitrogen and oxygen atoms in total. The molecule has 0 aliphatic carbocycles. The summed E-state index contributed by atoms with van der Waals surface area (Å²) in [6.45, 7) is 0. The van der Waals surface area contributed by atoms with Crippen molar-refractivity contribution in [1.29, 1.82) is 0 Å². The molecule has 0 aliphatic heterocycles. The Morgan fingerprint density at radius 3 is 2.06 bits per heavy atom. The molecule has 0 saturated heterocycles. The Bertz CT molecular complexity index is 524. The van der Waals surface area contributed by atoms with Gasteiger partial charge in [0.25, 0.3) is 0 Å². The summed E-state index contributed by atoms with van der Waals surface area (Å²) in [5.41, 5.74) is -0.384. The first-order valence-corrected chi connectivity index (χ1v) is 7.66. The van der Waals surface area contributed by atoms with Gasteiger partial charge in [-0.3, -0.25) is 0 Å². The molecule has 0 amide bonds. The maximum atomic E-state index is 11.9. The fourth-order valence-electron chi connectivity index (χ4n) is 0.994. The van der Waals surface area contributed by atoms with Crippen LogP contribution in [0.4, 0.5) is 0 Å². The summed E-state index contributed by atoms with van der Waals surface area (Å²) >= 11 is 8.56. The average Bonchev–Trinajstić information content (AvgIpc) is 2.16. The van der Waals surface area contributed by atoms with Gasteiger partial charge in [0.1, 0.15) is 0 Å². The van der Waals surface area contributed by atoms with E-state index in [1.165, 1.54) is 24.3 Å². The van der Waals surface area contributed by atoms with Crippen molar-refractivity contribution in [3.05, 3.63) is 29.8 Å². The maximum absolute atomic E-state index is 11.9. The molecule has 0 unspecified atom stereocenters. The molecule has 0 aromatic heterocycles. The van der Waals surface area contributed by atoms with Crippen LogP contribution in [0.15, 0.2) is 29.2 Å². The molecule has 0 radical (unpaired) electrons. The van der Waals surface area contributed by atoms with Gasteiger partial charge in [0.2, 0.25) is 11.3 Å². The van der Waals surface area contributed by atoms with Gasteiger partial charge in [-0.15, -0.1) is 0 Å². The molecular weight excluding hydrogens is 471 g/mol. The number of rotatable bonds is 2. The number of aromatic carboxylic acids is 1. The first-order chi connectivity index (χ1) is 7.18. The van der Waals surface area contributed by atoms with Crippen molar-refractivity contribution >= 4 is 63.6 Å². The molecule has 1 rings (SSSR count). The van der Waals surface area contributed by atoms with Crippen LogP contribution in [0.3, 0.4) is 0 Å². The van der Waals surface area contributed by atoms with Gasteiger partial charge in [0.15, 0.2) is 0 Å². The number of hydrogen-bond acceptors (Lipinski definition) is 4. The van der Waals surface area contributed by atoms with Crippen molar-refractivity contribution in [3.63, 3.8) is 0 Å². The summed E-state index contributed by atoms with van der Waals surface area (Å²) in [5.74, 6) is -1.55. The summed E-state index contributed by atoms with van der Waals surface area (Å²) in [4.78, 5) is 10.4. The van der Waals surface area contributed by atoms with E-state index in [0.29, 0.717) is 0 Å². The van der Waals surface area contributed by atoms with Gasteiger partial charge in [0, 0.05) is 5.56 Å². The molecule has 17 heavy (non-hydrogen) atoms. The second-order valence-electron chi connectivity index (χ2n) is 2.73. The Balaban J connectivity index is 0.00000256. The second-order valence-corrected chi connectivity index (χ2v) is 13.1.